The molecule has 1 aliphatic carbocycles. The molecular weight excluding hydrogens is 274 g/mol. The second-order valence-electron chi connectivity index (χ2n) is 6.39. The Balaban J connectivity index is 1.59. The number of rotatable bonds is 7. The van der Waals surface area contributed by atoms with Crippen LogP contribution in [-0.4, -0.2) is 37.0 Å². The SMILES string of the molecule is CN(CCCNC(=O)Cc1ccc(N)cc1)C1CCCCC1. The third-order valence-corrected chi connectivity index (χ3v) is 4.55. The van der Waals surface area contributed by atoms with E-state index < -0.39 is 0 Å². The number of carbonyl (C=O) groups excluding carboxylic acids is 1. The zero-order valence-electron chi connectivity index (χ0n) is 13.7. The number of nitrogen functional groups attached to an aromatic ring is 1. The number of hydrogen-bond donors (Lipinski definition) is 2. The van der Waals surface area contributed by atoms with Crippen LogP contribution in [0.1, 0.15) is 44.1 Å². The highest BCUT2D eigenvalue weighted by molar-refractivity contribution is 5.78. The molecular formula is C18H29N3O. The highest BCUT2D eigenvalue weighted by atomic mass is 16.1. The number of nitrogens with zero attached hydrogens (tertiary/aromatic N) is 1. The number of amides is 1. The van der Waals surface area contributed by atoms with Crippen molar-refractivity contribution in [2.24, 2.45) is 0 Å². The molecule has 0 radical (unpaired) electrons. The Kier molecular flexibility index (Phi) is 6.72. The zero-order valence-corrected chi connectivity index (χ0v) is 13.7. The molecule has 2 rings (SSSR count). The molecule has 22 heavy (non-hydrogen) atoms. The Labute approximate surface area is 134 Å². The van der Waals surface area contributed by atoms with Crippen LogP contribution in [0.25, 0.3) is 0 Å². The molecule has 0 aliphatic heterocycles. The maximum absolute atomic E-state index is 11.9. The van der Waals surface area contributed by atoms with E-state index in [1.54, 1.807) is 0 Å². The standard InChI is InChI=1S/C18H29N3O/c1-21(17-6-3-2-4-7-17)13-5-12-20-18(22)14-15-8-10-16(19)11-9-15/h8-11,17H,2-7,12-14,19H2,1H3,(H,20,22). The highest BCUT2D eigenvalue weighted by Gasteiger charge is 2.17. The molecule has 0 bridgehead atoms. The van der Waals surface area contributed by atoms with Crippen LogP contribution in [0.5, 0.6) is 0 Å². The maximum atomic E-state index is 11.9. The molecule has 0 unspecified atom stereocenters. The van der Waals surface area contributed by atoms with Gasteiger partial charge in [-0.05, 0) is 50.6 Å². The molecule has 1 aliphatic rings. The van der Waals surface area contributed by atoms with Gasteiger partial charge < -0.3 is 16.0 Å². The lowest BCUT2D eigenvalue weighted by Crippen LogP contribution is -2.36. The van der Waals surface area contributed by atoms with Crippen molar-refractivity contribution in [2.75, 3.05) is 25.9 Å². The Bertz CT molecular complexity index is 452. The number of carbonyl (C=O) groups is 1. The van der Waals surface area contributed by atoms with Crippen molar-refractivity contribution < 1.29 is 4.79 Å². The van der Waals surface area contributed by atoms with Crippen LogP contribution in [0.15, 0.2) is 24.3 Å². The number of anilines is 1. The lowest BCUT2D eigenvalue weighted by atomic mass is 9.94. The maximum Gasteiger partial charge on any atom is 0.224 e. The Morgan fingerprint density at radius 1 is 1.23 bits per heavy atom. The molecule has 122 valence electrons. The third-order valence-electron chi connectivity index (χ3n) is 4.55. The van der Waals surface area contributed by atoms with Crippen molar-refractivity contribution in [3.63, 3.8) is 0 Å². The fourth-order valence-electron chi connectivity index (χ4n) is 3.14. The molecule has 0 heterocycles. The number of hydrogen-bond acceptors (Lipinski definition) is 3. The summed E-state index contributed by atoms with van der Waals surface area (Å²) < 4.78 is 0. The lowest BCUT2D eigenvalue weighted by Gasteiger charge is -2.31. The monoisotopic (exact) mass is 303 g/mol. The first-order chi connectivity index (χ1) is 10.6. The summed E-state index contributed by atoms with van der Waals surface area (Å²) in [5, 5.41) is 3.01. The number of nitrogens with two attached hydrogens (primary N) is 1. The summed E-state index contributed by atoms with van der Waals surface area (Å²) in [5.74, 6) is 0.0880. The van der Waals surface area contributed by atoms with Crippen molar-refractivity contribution in [1.29, 1.82) is 0 Å². The van der Waals surface area contributed by atoms with E-state index in [1.165, 1.54) is 32.1 Å². The Morgan fingerprint density at radius 3 is 2.59 bits per heavy atom. The van der Waals surface area contributed by atoms with Crippen LogP contribution in [0.2, 0.25) is 0 Å². The van der Waals surface area contributed by atoms with Gasteiger partial charge >= 0.3 is 0 Å². The van der Waals surface area contributed by atoms with E-state index in [0.717, 1.165) is 36.8 Å². The van der Waals surface area contributed by atoms with Crippen molar-refractivity contribution in [1.82, 2.24) is 10.2 Å². The van der Waals surface area contributed by atoms with E-state index in [0.29, 0.717) is 6.42 Å². The van der Waals surface area contributed by atoms with E-state index in [1.807, 2.05) is 24.3 Å². The zero-order chi connectivity index (χ0) is 15.8. The average molecular weight is 303 g/mol. The van der Waals surface area contributed by atoms with Crippen LogP contribution >= 0.6 is 0 Å². The second-order valence-corrected chi connectivity index (χ2v) is 6.39. The summed E-state index contributed by atoms with van der Waals surface area (Å²) in [5.41, 5.74) is 7.38. The Hall–Kier alpha value is -1.55. The molecule has 0 saturated heterocycles. The largest absolute Gasteiger partial charge is 0.399 e. The molecule has 0 atom stereocenters. The molecule has 3 N–H and O–H groups in total. The fourth-order valence-corrected chi connectivity index (χ4v) is 3.14. The van der Waals surface area contributed by atoms with Gasteiger partial charge in [0.2, 0.25) is 5.91 Å². The van der Waals surface area contributed by atoms with Gasteiger partial charge in [-0.25, -0.2) is 0 Å². The van der Waals surface area contributed by atoms with Crippen LogP contribution in [0.3, 0.4) is 0 Å². The summed E-state index contributed by atoms with van der Waals surface area (Å²) in [6.45, 7) is 1.82. The first-order valence-corrected chi connectivity index (χ1v) is 8.46. The molecule has 1 saturated carbocycles. The van der Waals surface area contributed by atoms with Gasteiger partial charge in [-0.1, -0.05) is 31.4 Å². The summed E-state index contributed by atoms with van der Waals surface area (Å²) in [6, 6.07) is 8.24. The van der Waals surface area contributed by atoms with Gasteiger partial charge in [-0.2, -0.15) is 0 Å². The first-order valence-electron chi connectivity index (χ1n) is 8.46. The predicted molar refractivity (Wildman–Crippen MR) is 91.7 cm³/mol. The second kappa shape index (κ2) is 8.79. The smallest absolute Gasteiger partial charge is 0.224 e. The highest BCUT2D eigenvalue weighted by Crippen LogP contribution is 2.21. The summed E-state index contributed by atoms with van der Waals surface area (Å²) in [6.07, 6.45) is 8.24. The fraction of sp³-hybridized carbons (Fsp3) is 0.611. The van der Waals surface area contributed by atoms with Crippen LogP contribution in [-0.2, 0) is 11.2 Å². The predicted octanol–water partition coefficient (Wildman–Crippen LogP) is 2.58. The minimum Gasteiger partial charge on any atom is -0.399 e. The van der Waals surface area contributed by atoms with Crippen molar-refractivity contribution >= 4 is 11.6 Å². The molecule has 1 amide bonds. The van der Waals surface area contributed by atoms with Crippen LogP contribution < -0.4 is 11.1 Å². The minimum absolute atomic E-state index is 0.0880. The van der Waals surface area contributed by atoms with Crippen molar-refractivity contribution in [2.45, 2.75) is 51.0 Å². The van der Waals surface area contributed by atoms with Crippen LogP contribution in [0.4, 0.5) is 5.69 Å². The minimum atomic E-state index is 0.0880. The summed E-state index contributed by atoms with van der Waals surface area (Å²) >= 11 is 0. The van der Waals surface area contributed by atoms with Gasteiger partial charge in [0.25, 0.3) is 0 Å². The average Bonchev–Trinajstić information content (AvgIpc) is 2.54. The number of benzene rings is 1. The molecule has 0 spiro atoms. The number of nitrogens with one attached hydrogen (secondary N) is 1. The van der Waals surface area contributed by atoms with Crippen LogP contribution in [0, 0.1) is 0 Å². The van der Waals surface area contributed by atoms with Crippen molar-refractivity contribution in [3.05, 3.63) is 29.8 Å². The Morgan fingerprint density at radius 2 is 1.91 bits per heavy atom. The normalized spacial score (nSPS) is 15.9. The third kappa shape index (κ3) is 5.68. The summed E-state index contributed by atoms with van der Waals surface area (Å²) in [7, 11) is 2.21. The molecule has 1 fully saturated rings. The van der Waals surface area contributed by atoms with E-state index in [9.17, 15) is 4.79 Å². The molecule has 1 aromatic carbocycles. The van der Waals surface area contributed by atoms with E-state index in [4.69, 9.17) is 5.73 Å². The molecule has 0 aromatic heterocycles. The van der Waals surface area contributed by atoms with Gasteiger partial charge in [0.1, 0.15) is 0 Å². The topological polar surface area (TPSA) is 58.4 Å². The molecule has 4 nitrogen and oxygen atoms in total. The summed E-state index contributed by atoms with van der Waals surface area (Å²) in [4.78, 5) is 14.4. The first kappa shape index (κ1) is 16.8. The molecule has 4 heteroatoms. The lowest BCUT2D eigenvalue weighted by molar-refractivity contribution is -0.120. The van der Waals surface area contributed by atoms with E-state index in [2.05, 4.69) is 17.3 Å². The van der Waals surface area contributed by atoms with Gasteiger partial charge in [-0.3, -0.25) is 4.79 Å². The van der Waals surface area contributed by atoms with Gasteiger partial charge in [0, 0.05) is 18.3 Å². The van der Waals surface area contributed by atoms with Gasteiger partial charge in [0.15, 0.2) is 0 Å². The van der Waals surface area contributed by atoms with Crippen molar-refractivity contribution in [3.8, 4) is 0 Å². The van der Waals surface area contributed by atoms with Gasteiger partial charge in [-0.15, -0.1) is 0 Å². The van der Waals surface area contributed by atoms with E-state index in [-0.39, 0.29) is 5.91 Å². The quantitative estimate of drug-likeness (QED) is 0.601. The van der Waals surface area contributed by atoms with E-state index >= 15 is 0 Å². The molecule has 1 aromatic rings. The van der Waals surface area contributed by atoms with Gasteiger partial charge in [0.05, 0.1) is 6.42 Å².